The number of aromatic nitrogens is 1. The molecule has 12 heavy (non-hydrogen) atoms. The highest BCUT2D eigenvalue weighted by atomic mass is 19.1. The third kappa shape index (κ3) is 1.95. The van der Waals surface area contributed by atoms with Crippen LogP contribution < -0.4 is 0 Å². The van der Waals surface area contributed by atoms with Crippen LogP contribution in [-0.4, -0.2) is 17.6 Å². The number of nitrogens with one attached hydrogen (secondary N) is 1. The van der Waals surface area contributed by atoms with Crippen LogP contribution >= 0.6 is 0 Å². The van der Waals surface area contributed by atoms with E-state index in [1.54, 1.807) is 0 Å². The lowest BCUT2D eigenvalue weighted by Crippen LogP contribution is -2.04. The van der Waals surface area contributed by atoms with Crippen LogP contribution in [0.4, 0.5) is 4.39 Å². The fourth-order valence-electron chi connectivity index (χ4n) is 0.698. The van der Waals surface area contributed by atoms with Crippen molar-refractivity contribution in [2.24, 2.45) is 0 Å². The number of aromatic amines is 1. The maximum absolute atomic E-state index is 12.4. The molecule has 4 heteroatoms. The maximum atomic E-state index is 12.4. The van der Waals surface area contributed by atoms with Crippen LogP contribution in [0.3, 0.4) is 0 Å². The predicted octanol–water partition coefficient (Wildman–Crippen LogP) is 1.50. The first-order chi connectivity index (χ1) is 5.74. The summed E-state index contributed by atoms with van der Waals surface area (Å²) in [5, 5.41) is 0. The van der Waals surface area contributed by atoms with E-state index in [0.717, 1.165) is 12.3 Å². The molecule has 0 spiro atoms. The molecule has 0 aromatic carbocycles. The first kappa shape index (κ1) is 8.52. The van der Waals surface area contributed by atoms with Gasteiger partial charge in [0.05, 0.1) is 0 Å². The number of hydrogen-bond donors (Lipinski definition) is 1. The van der Waals surface area contributed by atoms with Crippen LogP contribution in [0, 0.1) is 5.82 Å². The lowest BCUT2D eigenvalue weighted by atomic mass is 10.4. The number of carbonyl (C=O) groups is 1. The zero-order valence-corrected chi connectivity index (χ0v) is 6.34. The van der Waals surface area contributed by atoms with Gasteiger partial charge in [0.1, 0.15) is 18.1 Å². The molecule has 1 N–H and O–H groups in total. The van der Waals surface area contributed by atoms with Crippen LogP contribution in [0.5, 0.6) is 0 Å². The molecule has 0 amide bonds. The quantitative estimate of drug-likeness (QED) is 0.550. The number of esters is 1. The van der Waals surface area contributed by atoms with Gasteiger partial charge in [0, 0.05) is 12.3 Å². The largest absolute Gasteiger partial charge is 0.457 e. The first-order valence-corrected chi connectivity index (χ1v) is 3.36. The number of rotatable bonds is 3. The van der Waals surface area contributed by atoms with Crippen molar-refractivity contribution >= 4 is 5.97 Å². The van der Waals surface area contributed by atoms with Crippen molar-refractivity contribution in [1.29, 1.82) is 0 Å². The van der Waals surface area contributed by atoms with E-state index in [0.29, 0.717) is 0 Å². The van der Waals surface area contributed by atoms with E-state index in [-0.39, 0.29) is 12.3 Å². The van der Waals surface area contributed by atoms with Crippen LogP contribution in [-0.2, 0) is 4.74 Å². The number of carbonyl (C=O) groups excluding carboxylic acids is 1. The standard InChI is InChI=1S/C8H8FNO2/c1-2-3-12-8(11)7-4-6(9)5-10-7/h2,4-5,10H,1,3H2. The highest BCUT2D eigenvalue weighted by Crippen LogP contribution is 2.02. The van der Waals surface area contributed by atoms with E-state index in [1.165, 1.54) is 6.08 Å². The van der Waals surface area contributed by atoms with Crippen molar-refractivity contribution in [1.82, 2.24) is 4.98 Å². The Morgan fingerprint density at radius 3 is 3.08 bits per heavy atom. The predicted molar refractivity (Wildman–Crippen MR) is 41.2 cm³/mol. The van der Waals surface area contributed by atoms with Gasteiger partial charge in [0.2, 0.25) is 0 Å². The summed E-state index contributed by atoms with van der Waals surface area (Å²) >= 11 is 0. The van der Waals surface area contributed by atoms with Gasteiger partial charge in [0.25, 0.3) is 0 Å². The molecule has 0 aliphatic carbocycles. The van der Waals surface area contributed by atoms with Gasteiger partial charge in [-0.3, -0.25) is 0 Å². The maximum Gasteiger partial charge on any atom is 0.355 e. The van der Waals surface area contributed by atoms with Crippen molar-refractivity contribution in [2.75, 3.05) is 6.61 Å². The average molecular weight is 169 g/mol. The molecule has 0 unspecified atom stereocenters. The van der Waals surface area contributed by atoms with E-state index in [9.17, 15) is 9.18 Å². The van der Waals surface area contributed by atoms with Crippen LogP contribution in [0.2, 0.25) is 0 Å². The van der Waals surface area contributed by atoms with Gasteiger partial charge < -0.3 is 9.72 Å². The molecular formula is C8H8FNO2. The van der Waals surface area contributed by atoms with Crippen molar-refractivity contribution in [3.05, 3.63) is 36.4 Å². The molecule has 3 nitrogen and oxygen atoms in total. The van der Waals surface area contributed by atoms with Gasteiger partial charge in [-0.1, -0.05) is 12.7 Å². The summed E-state index contributed by atoms with van der Waals surface area (Å²) in [6.45, 7) is 3.49. The Bertz CT molecular complexity index is 293. The van der Waals surface area contributed by atoms with Gasteiger partial charge in [-0.25, -0.2) is 9.18 Å². The summed E-state index contributed by atoms with van der Waals surface area (Å²) in [5.74, 6) is -1.07. The van der Waals surface area contributed by atoms with E-state index < -0.39 is 11.8 Å². The van der Waals surface area contributed by atoms with Gasteiger partial charge in [0.15, 0.2) is 0 Å². The van der Waals surface area contributed by atoms with Crippen molar-refractivity contribution in [2.45, 2.75) is 0 Å². The molecule has 0 saturated carbocycles. The van der Waals surface area contributed by atoms with Crippen LogP contribution in [0.15, 0.2) is 24.9 Å². The Balaban J connectivity index is 2.59. The number of ether oxygens (including phenoxy) is 1. The smallest absolute Gasteiger partial charge is 0.355 e. The summed E-state index contributed by atoms with van der Waals surface area (Å²) < 4.78 is 17.0. The van der Waals surface area contributed by atoms with E-state index >= 15 is 0 Å². The molecule has 1 aromatic heterocycles. The topological polar surface area (TPSA) is 42.1 Å². The van der Waals surface area contributed by atoms with Crippen molar-refractivity contribution in [3.63, 3.8) is 0 Å². The van der Waals surface area contributed by atoms with E-state index in [4.69, 9.17) is 0 Å². The van der Waals surface area contributed by atoms with Gasteiger partial charge >= 0.3 is 5.97 Å². The summed E-state index contributed by atoms with van der Waals surface area (Å²) in [6.07, 6.45) is 2.53. The minimum atomic E-state index is -0.584. The third-order valence-electron chi connectivity index (χ3n) is 1.20. The summed E-state index contributed by atoms with van der Waals surface area (Å²) in [5.41, 5.74) is 0.106. The third-order valence-corrected chi connectivity index (χ3v) is 1.20. The normalized spacial score (nSPS) is 9.42. The lowest BCUT2D eigenvalue weighted by Gasteiger charge is -1.97. The molecule has 0 fully saturated rings. The molecule has 0 aliphatic heterocycles. The van der Waals surface area contributed by atoms with Gasteiger partial charge in [-0.15, -0.1) is 0 Å². The molecule has 1 heterocycles. The highest BCUT2D eigenvalue weighted by Gasteiger charge is 2.08. The molecule has 0 bridgehead atoms. The fraction of sp³-hybridized carbons (Fsp3) is 0.125. The molecule has 64 valence electrons. The molecule has 0 saturated heterocycles. The Kier molecular flexibility index (Phi) is 2.63. The first-order valence-electron chi connectivity index (χ1n) is 3.36. The second-order valence-corrected chi connectivity index (χ2v) is 2.12. The van der Waals surface area contributed by atoms with Gasteiger partial charge in [-0.2, -0.15) is 0 Å². The minimum Gasteiger partial charge on any atom is -0.457 e. The summed E-state index contributed by atoms with van der Waals surface area (Å²) in [4.78, 5) is 13.4. The Hall–Kier alpha value is -1.58. The Morgan fingerprint density at radius 1 is 1.83 bits per heavy atom. The summed E-state index contributed by atoms with van der Waals surface area (Å²) in [7, 11) is 0. The summed E-state index contributed by atoms with van der Waals surface area (Å²) in [6, 6.07) is 1.07. The minimum absolute atomic E-state index is 0.106. The van der Waals surface area contributed by atoms with Crippen molar-refractivity contribution < 1.29 is 13.9 Å². The average Bonchev–Trinajstić information content (AvgIpc) is 2.47. The molecule has 1 rings (SSSR count). The number of halogens is 1. The van der Waals surface area contributed by atoms with Crippen molar-refractivity contribution in [3.8, 4) is 0 Å². The second kappa shape index (κ2) is 3.71. The van der Waals surface area contributed by atoms with Crippen LogP contribution in [0.25, 0.3) is 0 Å². The number of H-pyrrole nitrogens is 1. The molecule has 0 radical (unpaired) electrons. The molecule has 1 aromatic rings. The highest BCUT2D eigenvalue weighted by molar-refractivity contribution is 5.87. The Labute approximate surface area is 68.9 Å². The molecular weight excluding hydrogens is 161 g/mol. The van der Waals surface area contributed by atoms with E-state index in [1.807, 2.05) is 0 Å². The van der Waals surface area contributed by atoms with Crippen LogP contribution in [0.1, 0.15) is 10.5 Å². The Morgan fingerprint density at radius 2 is 2.58 bits per heavy atom. The second-order valence-electron chi connectivity index (χ2n) is 2.12. The zero-order chi connectivity index (χ0) is 8.97. The zero-order valence-electron chi connectivity index (χ0n) is 6.34. The SMILES string of the molecule is C=CCOC(=O)c1cc(F)c[nH]1. The number of hydrogen-bond acceptors (Lipinski definition) is 2. The van der Waals surface area contributed by atoms with E-state index in [2.05, 4.69) is 16.3 Å². The molecule has 0 atom stereocenters. The molecule has 0 aliphatic rings. The van der Waals surface area contributed by atoms with Gasteiger partial charge in [-0.05, 0) is 0 Å². The lowest BCUT2D eigenvalue weighted by molar-refractivity contribution is 0.0543. The monoisotopic (exact) mass is 169 g/mol. The fourth-order valence-corrected chi connectivity index (χ4v) is 0.698.